The van der Waals surface area contributed by atoms with E-state index in [4.69, 9.17) is 4.52 Å². The molecule has 0 aliphatic carbocycles. The summed E-state index contributed by atoms with van der Waals surface area (Å²) in [5.74, 6) is 0.292. The highest BCUT2D eigenvalue weighted by Crippen LogP contribution is 2.29. The van der Waals surface area contributed by atoms with E-state index < -0.39 is 11.6 Å². The van der Waals surface area contributed by atoms with Gasteiger partial charge in [0, 0.05) is 24.4 Å². The van der Waals surface area contributed by atoms with Gasteiger partial charge in [0.05, 0.1) is 11.1 Å². The van der Waals surface area contributed by atoms with Crippen LogP contribution in [0.15, 0.2) is 47.0 Å². The molecule has 0 saturated heterocycles. The zero-order valence-corrected chi connectivity index (χ0v) is 14.8. The third kappa shape index (κ3) is 3.48. The van der Waals surface area contributed by atoms with E-state index >= 15 is 0 Å². The summed E-state index contributed by atoms with van der Waals surface area (Å²) < 4.78 is 32.4. The number of halogens is 2. The van der Waals surface area contributed by atoms with Gasteiger partial charge in [0.15, 0.2) is 0 Å². The summed E-state index contributed by atoms with van der Waals surface area (Å²) in [6, 6.07) is 11.2. The second-order valence-electron chi connectivity index (χ2n) is 6.31. The maximum absolute atomic E-state index is 13.9. The molecule has 2 aromatic carbocycles. The fourth-order valence-corrected chi connectivity index (χ4v) is 2.85. The van der Waals surface area contributed by atoms with Crippen LogP contribution in [0.3, 0.4) is 0 Å². The van der Waals surface area contributed by atoms with Gasteiger partial charge in [-0.05, 0) is 42.8 Å². The molecule has 0 aliphatic rings. The van der Waals surface area contributed by atoms with Crippen molar-refractivity contribution >= 4 is 16.7 Å². The number of hydrogen-bond donors (Lipinski definition) is 1. The standard InChI is InChI=1S/C20H16F2N4O/c1-11-3-4-13-9-16(20-24-12(2)27-26-20)19(25-18(13)7-11)23-10-14-8-15(21)5-6-17(14)22/h3-9H,10H2,1-2H3,(H,23,25). The number of pyridine rings is 1. The van der Waals surface area contributed by atoms with Crippen LogP contribution in [-0.2, 0) is 6.54 Å². The zero-order valence-electron chi connectivity index (χ0n) is 14.8. The van der Waals surface area contributed by atoms with Crippen molar-refractivity contribution in [3.63, 3.8) is 0 Å². The fourth-order valence-electron chi connectivity index (χ4n) is 2.85. The van der Waals surface area contributed by atoms with E-state index in [0.29, 0.717) is 23.1 Å². The zero-order chi connectivity index (χ0) is 19.0. The van der Waals surface area contributed by atoms with Crippen molar-refractivity contribution in [1.29, 1.82) is 0 Å². The molecule has 7 heteroatoms. The Morgan fingerprint density at radius 2 is 1.85 bits per heavy atom. The molecule has 2 heterocycles. The molecule has 4 rings (SSSR count). The minimum atomic E-state index is -0.496. The van der Waals surface area contributed by atoms with Crippen molar-refractivity contribution in [1.82, 2.24) is 15.1 Å². The van der Waals surface area contributed by atoms with Crippen molar-refractivity contribution in [2.75, 3.05) is 5.32 Å². The van der Waals surface area contributed by atoms with Crippen molar-refractivity contribution in [3.8, 4) is 11.4 Å². The van der Waals surface area contributed by atoms with Gasteiger partial charge in [0.25, 0.3) is 0 Å². The lowest BCUT2D eigenvalue weighted by Gasteiger charge is -2.12. The second kappa shape index (κ2) is 6.75. The van der Waals surface area contributed by atoms with Gasteiger partial charge in [-0.3, -0.25) is 0 Å². The molecule has 0 spiro atoms. The maximum atomic E-state index is 13.9. The average Bonchev–Trinajstić information content (AvgIpc) is 3.08. The van der Waals surface area contributed by atoms with E-state index in [1.165, 1.54) is 0 Å². The van der Waals surface area contributed by atoms with Crippen molar-refractivity contribution < 1.29 is 13.3 Å². The van der Waals surface area contributed by atoms with E-state index in [-0.39, 0.29) is 12.1 Å². The molecule has 4 aromatic rings. The summed E-state index contributed by atoms with van der Waals surface area (Å²) in [4.78, 5) is 8.90. The summed E-state index contributed by atoms with van der Waals surface area (Å²) >= 11 is 0. The van der Waals surface area contributed by atoms with Gasteiger partial charge in [0.1, 0.15) is 17.5 Å². The molecule has 0 aliphatic heterocycles. The van der Waals surface area contributed by atoms with Gasteiger partial charge in [0.2, 0.25) is 11.7 Å². The Hall–Kier alpha value is -3.35. The number of anilines is 1. The van der Waals surface area contributed by atoms with Crippen LogP contribution in [0.25, 0.3) is 22.3 Å². The van der Waals surface area contributed by atoms with Crippen LogP contribution >= 0.6 is 0 Å². The summed E-state index contributed by atoms with van der Waals surface area (Å²) in [5.41, 5.74) is 2.68. The number of fused-ring (bicyclic) bond motifs is 1. The number of hydrogen-bond acceptors (Lipinski definition) is 5. The lowest BCUT2D eigenvalue weighted by Crippen LogP contribution is -2.06. The molecule has 0 radical (unpaired) electrons. The van der Waals surface area contributed by atoms with Crippen molar-refractivity contribution in [3.05, 3.63) is 71.1 Å². The number of nitrogens with one attached hydrogen (secondary N) is 1. The Morgan fingerprint density at radius 3 is 2.63 bits per heavy atom. The Labute approximate surface area is 154 Å². The van der Waals surface area contributed by atoms with E-state index in [0.717, 1.165) is 34.7 Å². The number of benzene rings is 2. The molecule has 5 nitrogen and oxygen atoms in total. The van der Waals surface area contributed by atoms with Crippen molar-refractivity contribution in [2.45, 2.75) is 20.4 Å². The third-order valence-electron chi connectivity index (χ3n) is 4.20. The number of rotatable bonds is 4. The van der Waals surface area contributed by atoms with Crippen molar-refractivity contribution in [2.24, 2.45) is 0 Å². The smallest absolute Gasteiger partial charge is 0.223 e. The van der Waals surface area contributed by atoms with Gasteiger partial charge in [-0.25, -0.2) is 13.8 Å². The molecular formula is C20H16F2N4O. The normalized spacial score (nSPS) is 11.1. The van der Waals surface area contributed by atoms with Crippen LogP contribution in [0.1, 0.15) is 17.0 Å². The Morgan fingerprint density at radius 1 is 1.00 bits per heavy atom. The van der Waals surface area contributed by atoms with Crippen LogP contribution in [0.2, 0.25) is 0 Å². The van der Waals surface area contributed by atoms with Crippen LogP contribution in [0, 0.1) is 25.5 Å². The molecule has 0 atom stereocenters. The fraction of sp³-hybridized carbons (Fsp3) is 0.150. The van der Waals surface area contributed by atoms with Gasteiger partial charge in [-0.2, -0.15) is 4.98 Å². The molecule has 1 N–H and O–H groups in total. The molecule has 27 heavy (non-hydrogen) atoms. The largest absolute Gasteiger partial charge is 0.365 e. The summed E-state index contributed by atoms with van der Waals surface area (Å²) in [6.45, 7) is 3.74. The number of aromatic nitrogens is 3. The second-order valence-corrected chi connectivity index (χ2v) is 6.31. The number of aryl methyl sites for hydroxylation is 2. The molecule has 0 bridgehead atoms. The quantitative estimate of drug-likeness (QED) is 0.562. The highest BCUT2D eigenvalue weighted by molar-refractivity contribution is 5.88. The van der Waals surface area contributed by atoms with E-state index in [9.17, 15) is 8.78 Å². The van der Waals surface area contributed by atoms with Gasteiger partial charge >= 0.3 is 0 Å². The predicted octanol–water partition coefficient (Wildman–Crippen LogP) is 4.79. The molecular weight excluding hydrogens is 350 g/mol. The minimum Gasteiger partial charge on any atom is -0.365 e. The monoisotopic (exact) mass is 366 g/mol. The van der Waals surface area contributed by atoms with Gasteiger partial charge in [-0.15, -0.1) is 0 Å². The third-order valence-corrected chi connectivity index (χ3v) is 4.20. The first-order valence-corrected chi connectivity index (χ1v) is 8.39. The predicted molar refractivity (Wildman–Crippen MR) is 98.2 cm³/mol. The highest BCUT2D eigenvalue weighted by atomic mass is 19.1. The Bertz CT molecular complexity index is 1140. The van der Waals surface area contributed by atoms with Gasteiger partial charge in [-0.1, -0.05) is 17.3 Å². The molecule has 0 unspecified atom stereocenters. The topological polar surface area (TPSA) is 63.8 Å². The summed E-state index contributed by atoms with van der Waals surface area (Å²) in [6.07, 6.45) is 0. The van der Waals surface area contributed by atoms with Crippen LogP contribution < -0.4 is 5.32 Å². The van der Waals surface area contributed by atoms with E-state index in [1.807, 2.05) is 31.2 Å². The minimum absolute atomic E-state index is 0.0672. The Balaban J connectivity index is 1.78. The molecule has 0 saturated carbocycles. The molecule has 0 amide bonds. The lowest BCUT2D eigenvalue weighted by molar-refractivity contribution is 0.394. The van der Waals surface area contributed by atoms with Crippen LogP contribution in [0.4, 0.5) is 14.6 Å². The average molecular weight is 366 g/mol. The van der Waals surface area contributed by atoms with E-state index in [2.05, 4.69) is 20.4 Å². The van der Waals surface area contributed by atoms with Crippen LogP contribution in [-0.4, -0.2) is 15.1 Å². The highest BCUT2D eigenvalue weighted by Gasteiger charge is 2.15. The summed E-state index contributed by atoms with van der Waals surface area (Å²) in [5, 5.41) is 7.95. The molecule has 0 fully saturated rings. The molecule has 2 aromatic heterocycles. The SMILES string of the molecule is Cc1ccc2cc(-c3noc(C)n3)c(NCc3cc(F)ccc3F)nc2c1. The first kappa shape index (κ1) is 17.1. The lowest BCUT2D eigenvalue weighted by atomic mass is 10.1. The van der Waals surface area contributed by atoms with Gasteiger partial charge < -0.3 is 9.84 Å². The summed E-state index contributed by atoms with van der Waals surface area (Å²) in [7, 11) is 0. The first-order valence-electron chi connectivity index (χ1n) is 8.39. The number of nitrogens with zero attached hydrogens (tertiary/aromatic N) is 3. The Kier molecular flexibility index (Phi) is 4.27. The molecule has 136 valence electrons. The van der Waals surface area contributed by atoms with Crippen LogP contribution in [0.5, 0.6) is 0 Å². The first-order chi connectivity index (χ1) is 13.0. The maximum Gasteiger partial charge on any atom is 0.223 e. The van der Waals surface area contributed by atoms with E-state index in [1.54, 1.807) is 6.92 Å².